The summed E-state index contributed by atoms with van der Waals surface area (Å²) < 4.78 is 171. The zero-order chi connectivity index (χ0) is 39.6. The van der Waals surface area contributed by atoms with Crippen LogP contribution in [-0.2, 0) is 44.6 Å². The van der Waals surface area contributed by atoms with Gasteiger partial charge < -0.3 is 5.11 Å². The van der Waals surface area contributed by atoms with Crippen LogP contribution in [0.15, 0.2) is 121 Å². The normalized spacial score (nSPS) is 12.9. The van der Waals surface area contributed by atoms with Gasteiger partial charge in [0.25, 0.3) is 0 Å². The molecule has 0 fully saturated rings. The first kappa shape index (κ1) is 41.0. The van der Waals surface area contributed by atoms with Crippen LogP contribution in [0, 0.1) is 0 Å². The van der Waals surface area contributed by atoms with E-state index in [1.54, 1.807) is 36.8 Å². The molecule has 0 heterocycles. The summed E-state index contributed by atoms with van der Waals surface area (Å²) >= 11 is 0. The predicted molar refractivity (Wildman–Crippen MR) is 182 cm³/mol. The van der Waals surface area contributed by atoms with E-state index in [0.29, 0.717) is 54.3 Å². The molecule has 1 N–H and O–H groups in total. The second kappa shape index (κ2) is 15.0. The standard InChI is InChI=1S/C28H16BF12.C9H12O2S/c30-25(31,32)17-1-9-21(10-2-17)29(22-11-3-18(4-12-22)26(33,34)35,23-13-5-19(6-14-23)27(36,37)38)24-15-7-20(8-16-24)28(39,40)41;1-12(2,11)7-8-3-5-9(10)6-4-8/h1-16H;3-6H,7H2,1-2H3/q-1;/p+1. The van der Waals surface area contributed by atoms with Gasteiger partial charge in [-0.1, -0.05) is 109 Å². The molecular weight excluding hydrogens is 747 g/mol. The van der Waals surface area contributed by atoms with Crippen molar-refractivity contribution < 1.29 is 62.0 Å². The summed E-state index contributed by atoms with van der Waals surface area (Å²) in [5, 5.41) is 8.98. The van der Waals surface area contributed by atoms with E-state index in [1.807, 2.05) is 0 Å². The third-order valence-electron chi connectivity index (χ3n) is 8.40. The third kappa shape index (κ3) is 10.0. The van der Waals surface area contributed by atoms with Crippen LogP contribution in [0.4, 0.5) is 52.7 Å². The Morgan fingerprint density at radius 1 is 0.434 bits per heavy atom. The first-order chi connectivity index (χ1) is 24.3. The minimum Gasteiger partial charge on any atom is -0.508 e. The average Bonchev–Trinajstić information content (AvgIpc) is 3.05. The van der Waals surface area contributed by atoms with Crippen LogP contribution in [0.3, 0.4) is 0 Å². The minimum atomic E-state index is -4.77. The van der Waals surface area contributed by atoms with Gasteiger partial charge in [-0.05, 0) is 12.1 Å². The molecule has 16 heteroatoms. The Morgan fingerprint density at radius 3 is 0.849 bits per heavy atom. The maximum Gasteiger partial charge on any atom is 0.416 e. The zero-order valence-electron chi connectivity index (χ0n) is 27.6. The van der Waals surface area contributed by atoms with Crippen molar-refractivity contribution >= 4 is 37.9 Å². The lowest BCUT2D eigenvalue weighted by atomic mass is 9.13. The Labute approximate surface area is 297 Å². The van der Waals surface area contributed by atoms with E-state index < -0.39 is 63.0 Å². The number of hydrogen-bond donors (Lipinski definition) is 1. The fourth-order valence-electron chi connectivity index (χ4n) is 5.99. The predicted octanol–water partition coefficient (Wildman–Crippen LogP) is 8.79. The van der Waals surface area contributed by atoms with Crippen LogP contribution in [0.2, 0.25) is 0 Å². The van der Waals surface area contributed by atoms with Crippen LogP contribution in [-0.4, -0.2) is 23.8 Å². The van der Waals surface area contributed by atoms with Crippen molar-refractivity contribution in [3.05, 3.63) is 149 Å². The molecule has 0 unspecified atom stereocenters. The summed E-state index contributed by atoms with van der Waals surface area (Å²) in [7, 11) is -1.72. The monoisotopic (exact) mass is 776 g/mol. The lowest BCUT2D eigenvalue weighted by Crippen LogP contribution is -2.74. The van der Waals surface area contributed by atoms with Gasteiger partial charge in [-0.3, -0.25) is 0 Å². The molecule has 5 aromatic rings. The molecule has 5 aromatic carbocycles. The Balaban J connectivity index is 0.000000443. The summed E-state index contributed by atoms with van der Waals surface area (Å²) in [6.45, 7) is 0. The SMILES string of the molecule is C[S+](C)(=O)Cc1ccc(O)cc1.FC(F)(F)c1ccc([B-](c2ccc(C(F)(F)F)cc2)(c2ccc(C(F)(F)F)cc2)c2ccc(C(F)(F)F)cc2)cc1. The molecule has 0 aliphatic carbocycles. The Hall–Kier alpha value is -4.73. The van der Waals surface area contributed by atoms with Gasteiger partial charge >= 0.3 is 24.7 Å². The number of benzene rings is 5. The number of phenols is 1. The second-order valence-electron chi connectivity index (χ2n) is 12.6. The van der Waals surface area contributed by atoms with Gasteiger partial charge in [-0.25, -0.2) is 0 Å². The maximum atomic E-state index is 13.3. The number of aromatic hydroxyl groups is 1. The maximum absolute atomic E-state index is 13.3. The molecule has 2 nitrogen and oxygen atoms in total. The van der Waals surface area contributed by atoms with Gasteiger partial charge in [-0.15, -0.1) is 4.21 Å². The van der Waals surface area contributed by atoms with Crippen molar-refractivity contribution in [1.82, 2.24) is 0 Å². The van der Waals surface area contributed by atoms with Crippen molar-refractivity contribution in [2.24, 2.45) is 0 Å². The molecule has 0 atom stereocenters. The van der Waals surface area contributed by atoms with Crippen LogP contribution < -0.4 is 21.9 Å². The fraction of sp³-hybridized carbons (Fsp3) is 0.189. The molecular formula is C37H29BF12O2S. The smallest absolute Gasteiger partial charge is 0.416 e. The van der Waals surface area contributed by atoms with E-state index in [2.05, 4.69) is 0 Å². The first-order valence-electron chi connectivity index (χ1n) is 15.4. The highest BCUT2D eigenvalue weighted by Crippen LogP contribution is 2.32. The van der Waals surface area contributed by atoms with Crippen LogP contribution in [0.5, 0.6) is 5.75 Å². The second-order valence-corrected chi connectivity index (χ2v) is 15.8. The molecule has 0 amide bonds. The molecule has 0 saturated heterocycles. The highest BCUT2D eigenvalue weighted by atomic mass is 32.2. The van der Waals surface area contributed by atoms with E-state index in [9.17, 15) is 56.9 Å². The highest BCUT2D eigenvalue weighted by molar-refractivity contribution is 8.00. The number of halogens is 12. The minimum absolute atomic E-state index is 0.0114. The Kier molecular flexibility index (Phi) is 11.6. The molecule has 0 spiro atoms. The number of alkyl halides is 12. The topological polar surface area (TPSA) is 37.3 Å². The molecule has 0 bridgehead atoms. The van der Waals surface area contributed by atoms with Crippen LogP contribution in [0.25, 0.3) is 0 Å². The van der Waals surface area contributed by atoms with Crippen molar-refractivity contribution in [2.75, 3.05) is 12.5 Å². The van der Waals surface area contributed by atoms with Gasteiger partial charge in [0, 0.05) is 5.56 Å². The molecule has 0 aromatic heterocycles. The van der Waals surface area contributed by atoms with Gasteiger partial charge in [0.2, 0.25) is 0 Å². The van der Waals surface area contributed by atoms with Gasteiger partial charge in [0.15, 0.2) is 0 Å². The summed E-state index contributed by atoms with van der Waals surface area (Å²) in [5.41, 5.74) is -3.29. The number of hydrogen-bond acceptors (Lipinski definition) is 2. The molecule has 0 aliphatic heterocycles. The lowest BCUT2D eigenvalue weighted by Gasteiger charge is -2.44. The van der Waals surface area contributed by atoms with Crippen molar-refractivity contribution in [2.45, 2.75) is 30.5 Å². The first-order valence-corrected chi connectivity index (χ1v) is 17.9. The van der Waals surface area contributed by atoms with E-state index >= 15 is 0 Å². The van der Waals surface area contributed by atoms with E-state index in [4.69, 9.17) is 5.11 Å². The zero-order valence-corrected chi connectivity index (χ0v) is 28.4. The van der Waals surface area contributed by atoms with Crippen molar-refractivity contribution in [1.29, 1.82) is 0 Å². The summed E-state index contributed by atoms with van der Waals surface area (Å²) in [6.07, 6.45) is -18.5. The number of phenolic OH excluding ortho intramolecular Hbond substituents is 1. The molecule has 5 rings (SSSR count). The molecule has 53 heavy (non-hydrogen) atoms. The summed E-state index contributed by atoms with van der Waals surface area (Å²) in [5.74, 6) is 0.824. The molecule has 0 radical (unpaired) electrons. The molecule has 0 saturated carbocycles. The van der Waals surface area contributed by atoms with E-state index in [0.717, 1.165) is 54.1 Å². The van der Waals surface area contributed by atoms with Gasteiger partial charge in [0.1, 0.15) is 30.2 Å². The van der Waals surface area contributed by atoms with Gasteiger partial charge in [-0.2, -0.15) is 74.5 Å². The average molecular weight is 776 g/mol. The molecule has 0 aliphatic rings. The largest absolute Gasteiger partial charge is 0.508 e. The van der Waals surface area contributed by atoms with E-state index in [-0.39, 0.29) is 27.6 Å². The Bertz CT molecular complexity index is 1780. The number of rotatable bonds is 6. The van der Waals surface area contributed by atoms with Crippen molar-refractivity contribution in [3.8, 4) is 5.75 Å². The van der Waals surface area contributed by atoms with Gasteiger partial charge in [0.05, 0.1) is 32.2 Å². The molecule has 282 valence electrons. The third-order valence-corrected chi connectivity index (χ3v) is 9.43. The van der Waals surface area contributed by atoms with Crippen LogP contribution in [0.1, 0.15) is 27.8 Å². The quantitative estimate of drug-likeness (QED) is 0.106. The highest BCUT2D eigenvalue weighted by Gasteiger charge is 2.38. The summed E-state index contributed by atoms with van der Waals surface area (Å²) in [4.78, 5) is 0. The van der Waals surface area contributed by atoms with E-state index in [1.165, 1.54) is 0 Å². The Morgan fingerprint density at radius 2 is 0.660 bits per heavy atom. The fourth-order valence-corrected chi connectivity index (χ4v) is 6.99. The lowest BCUT2D eigenvalue weighted by molar-refractivity contribution is -0.138. The van der Waals surface area contributed by atoms with Crippen molar-refractivity contribution in [3.63, 3.8) is 0 Å². The van der Waals surface area contributed by atoms with Crippen LogP contribution >= 0.6 is 0 Å². The summed E-state index contributed by atoms with van der Waals surface area (Å²) in [6, 6.07) is 20.4.